The summed E-state index contributed by atoms with van der Waals surface area (Å²) in [4.78, 5) is 0. The quantitative estimate of drug-likeness (QED) is 0.859. The number of aliphatic hydroxyl groups excluding tert-OH is 2. The average molecular weight is 263 g/mol. The van der Waals surface area contributed by atoms with E-state index in [1.807, 2.05) is 4.68 Å². The van der Waals surface area contributed by atoms with Crippen LogP contribution in [0.2, 0.25) is 0 Å². The third-order valence-electron chi connectivity index (χ3n) is 5.60. The summed E-state index contributed by atoms with van der Waals surface area (Å²) in [6, 6.07) is 0. The van der Waals surface area contributed by atoms with Crippen molar-refractivity contribution < 1.29 is 10.2 Å². The number of hydrogen-bond donors (Lipinski definition) is 2. The van der Waals surface area contributed by atoms with E-state index in [0.29, 0.717) is 5.69 Å². The van der Waals surface area contributed by atoms with Crippen LogP contribution in [0.15, 0.2) is 0 Å². The molecule has 0 atom stereocenters. The molecule has 5 heteroatoms. The number of hydrogen-bond acceptors (Lipinski definition) is 4. The minimum Gasteiger partial charge on any atom is -0.390 e. The van der Waals surface area contributed by atoms with Gasteiger partial charge >= 0.3 is 0 Å². The van der Waals surface area contributed by atoms with Crippen molar-refractivity contribution in [1.29, 1.82) is 0 Å². The van der Waals surface area contributed by atoms with Crippen LogP contribution in [0.3, 0.4) is 0 Å². The van der Waals surface area contributed by atoms with E-state index in [1.165, 1.54) is 38.5 Å². The molecule has 0 spiro atoms. The Bertz CT molecular complexity index is 462. The molecule has 1 heterocycles. The van der Waals surface area contributed by atoms with E-state index in [-0.39, 0.29) is 18.8 Å². The molecule has 4 bridgehead atoms. The lowest BCUT2D eigenvalue weighted by Gasteiger charge is -2.56. The van der Waals surface area contributed by atoms with Gasteiger partial charge in [-0.25, -0.2) is 4.68 Å². The molecule has 4 aliphatic rings. The molecule has 4 aliphatic carbocycles. The van der Waals surface area contributed by atoms with Crippen molar-refractivity contribution in [2.75, 3.05) is 0 Å². The zero-order chi connectivity index (χ0) is 13.0. The minimum absolute atomic E-state index is 0.0766. The van der Waals surface area contributed by atoms with Gasteiger partial charge in [-0.1, -0.05) is 5.21 Å². The van der Waals surface area contributed by atoms with E-state index in [0.717, 1.165) is 23.4 Å². The van der Waals surface area contributed by atoms with Crippen molar-refractivity contribution >= 4 is 0 Å². The first-order chi connectivity index (χ1) is 9.24. The Morgan fingerprint density at radius 1 is 1.00 bits per heavy atom. The second-order valence-corrected chi connectivity index (χ2v) is 6.85. The van der Waals surface area contributed by atoms with Crippen molar-refractivity contribution in [3.8, 4) is 0 Å². The predicted molar refractivity (Wildman–Crippen MR) is 68.0 cm³/mol. The third-order valence-corrected chi connectivity index (χ3v) is 5.60. The molecular weight excluding hydrogens is 242 g/mol. The molecule has 1 aromatic heterocycles. The normalized spacial score (nSPS) is 40.0. The van der Waals surface area contributed by atoms with Crippen LogP contribution >= 0.6 is 0 Å². The number of aromatic nitrogens is 3. The topological polar surface area (TPSA) is 71.2 Å². The highest BCUT2D eigenvalue weighted by molar-refractivity contribution is 5.14. The zero-order valence-corrected chi connectivity index (χ0v) is 11.1. The number of rotatable bonds is 3. The molecular formula is C14H21N3O2. The maximum atomic E-state index is 9.61. The molecule has 19 heavy (non-hydrogen) atoms. The van der Waals surface area contributed by atoms with E-state index >= 15 is 0 Å². The summed E-state index contributed by atoms with van der Waals surface area (Å²) in [6.07, 6.45) is 7.69. The van der Waals surface area contributed by atoms with Crippen LogP contribution in [0.25, 0.3) is 0 Å². The van der Waals surface area contributed by atoms with E-state index in [2.05, 4.69) is 10.3 Å². The minimum atomic E-state index is -0.137. The Labute approximate surface area is 112 Å². The summed E-state index contributed by atoms with van der Waals surface area (Å²) in [5, 5.41) is 27.3. The van der Waals surface area contributed by atoms with Gasteiger partial charge in [-0.05, 0) is 56.3 Å². The molecule has 5 nitrogen and oxygen atoms in total. The van der Waals surface area contributed by atoms with Crippen LogP contribution < -0.4 is 0 Å². The second-order valence-electron chi connectivity index (χ2n) is 6.85. The van der Waals surface area contributed by atoms with Crippen molar-refractivity contribution in [2.24, 2.45) is 17.8 Å². The molecule has 0 amide bonds. The lowest BCUT2D eigenvalue weighted by atomic mass is 9.53. The van der Waals surface area contributed by atoms with Gasteiger partial charge in [0.05, 0.1) is 24.4 Å². The Hall–Kier alpha value is -0.940. The van der Waals surface area contributed by atoms with Gasteiger partial charge in [0, 0.05) is 0 Å². The highest BCUT2D eigenvalue weighted by Crippen LogP contribution is 2.58. The summed E-state index contributed by atoms with van der Waals surface area (Å²) in [5.41, 5.74) is 1.34. The summed E-state index contributed by atoms with van der Waals surface area (Å²) in [5.74, 6) is 2.50. The van der Waals surface area contributed by atoms with Gasteiger partial charge in [-0.15, -0.1) is 5.10 Å². The van der Waals surface area contributed by atoms with Gasteiger partial charge in [0.2, 0.25) is 0 Å². The molecule has 0 unspecified atom stereocenters. The molecule has 5 rings (SSSR count). The van der Waals surface area contributed by atoms with Gasteiger partial charge in [-0.3, -0.25) is 0 Å². The van der Waals surface area contributed by atoms with Crippen LogP contribution in [0.5, 0.6) is 0 Å². The first kappa shape index (κ1) is 11.9. The summed E-state index contributed by atoms with van der Waals surface area (Å²) < 4.78 is 1.98. The summed E-state index contributed by atoms with van der Waals surface area (Å²) in [6.45, 7) is -0.215. The van der Waals surface area contributed by atoms with Gasteiger partial charge in [0.1, 0.15) is 5.69 Å². The lowest BCUT2D eigenvalue weighted by Crippen LogP contribution is -2.52. The van der Waals surface area contributed by atoms with Crippen molar-refractivity contribution in [1.82, 2.24) is 15.0 Å². The first-order valence-electron chi connectivity index (χ1n) is 7.40. The fourth-order valence-corrected chi connectivity index (χ4v) is 5.32. The van der Waals surface area contributed by atoms with Gasteiger partial charge < -0.3 is 10.2 Å². The van der Waals surface area contributed by atoms with Crippen molar-refractivity contribution in [3.05, 3.63) is 11.4 Å². The fraction of sp³-hybridized carbons (Fsp3) is 0.857. The molecule has 104 valence electrons. The molecule has 0 radical (unpaired) electrons. The van der Waals surface area contributed by atoms with E-state index in [4.69, 9.17) is 0 Å². The monoisotopic (exact) mass is 263 g/mol. The third kappa shape index (κ3) is 1.61. The van der Waals surface area contributed by atoms with Crippen LogP contribution in [0, 0.1) is 17.8 Å². The Balaban J connectivity index is 1.77. The fourth-order valence-electron chi connectivity index (χ4n) is 5.32. The van der Waals surface area contributed by atoms with Crippen molar-refractivity contribution in [2.45, 2.75) is 57.3 Å². The molecule has 0 saturated heterocycles. The number of aliphatic hydroxyl groups is 2. The highest BCUT2D eigenvalue weighted by atomic mass is 16.3. The lowest BCUT2D eigenvalue weighted by molar-refractivity contribution is -0.0528. The Kier molecular flexibility index (Phi) is 2.51. The Morgan fingerprint density at radius 2 is 1.58 bits per heavy atom. The van der Waals surface area contributed by atoms with Crippen LogP contribution in [-0.4, -0.2) is 25.2 Å². The van der Waals surface area contributed by atoms with Crippen molar-refractivity contribution in [3.63, 3.8) is 0 Å². The summed E-state index contributed by atoms with van der Waals surface area (Å²) >= 11 is 0. The maximum absolute atomic E-state index is 9.61. The zero-order valence-electron chi connectivity index (χ0n) is 11.1. The first-order valence-corrected chi connectivity index (χ1v) is 7.40. The molecule has 0 aliphatic heterocycles. The van der Waals surface area contributed by atoms with E-state index in [9.17, 15) is 10.2 Å². The SMILES string of the molecule is OCc1nnn(C23CC4CC(CC(C4)C2)C3)c1CO. The molecule has 1 aromatic rings. The molecule has 2 N–H and O–H groups in total. The summed E-state index contributed by atoms with van der Waals surface area (Å²) in [7, 11) is 0. The van der Waals surface area contributed by atoms with Crippen LogP contribution in [0.4, 0.5) is 0 Å². The van der Waals surface area contributed by atoms with E-state index in [1.54, 1.807) is 0 Å². The smallest absolute Gasteiger partial charge is 0.114 e. The van der Waals surface area contributed by atoms with E-state index < -0.39 is 0 Å². The molecule has 4 fully saturated rings. The largest absolute Gasteiger partial charge is 0.390 e. The highest BCUT2D eigenvalue weighted by Gasteiger charge is 2.53. The average Bonchev–Trinajstić information content (AvgIpc) is 2.80. The van der Waals surface area contributed by atoms with Crippen LogP contribution in [0.1, 0.15) is 49.9 Å². The standard InChI is InChI=1S/C14H21N3O2/c18-7-12-13(8-19)17(16-15-12)14-4-9-1-10(5-14)3-11(2-9)6-14/h9-11,18-19H,1-8H2. The molecule has 0 aromatic carbocycles. The van der Waals surface area contributed by atoms with Gasteiger partial charge in [-0.2, -0.15) is 0 Å². The van der Waals surface area contributed by atoms with Gasteiger partial charge in [0.15, 0.2) is 0 Å². The number of nitrogens with zero attached hydrogens (tertiary/aromatic N) is 3. The maximum Gasteiger partial charge on any atom is 0.114 e. The Morgan fingerprint density at radius 3 is 2.05 bits per heavy atom. The predicted octanol–water partition coefficient (Wildman–Crippen LogP) is 1.19. The second kappa shape index (κ2) is 4.03. The van der Waals surface area contributed by atoms with Gasteiger partial charge in [0.25, 0.3) is 0 Å². The molecule has 4 saturated carbocycles. The van der Waals surface area contributed by atoms with Crippen LogP contribution in [-0.2, 0) is 18.8 Å².